The largest absolute Gasteiger partial charge is 0.355 e. The Balaban J connectivity index is 1.84. The molecule has 0 aliphatic carbocycles. The molecule has 2 N–H and O–H groups in total. The number of nitrogens with zero attached hydrogens (tertiary/aromatic N) is 1. The number of para-hydroxylation sites is 1. The maximum Gasteiger partial charge on any atom is 0.253 e. The third-order valence-electron chi connectivity index (χ3n) is 4.52. The Morgan fingerprint density at radius 2 is 1.74 bits per heavy atom. The van der Waals surface area contributed by atoms with Crippen molar-refractivity contribution in [3.05, 3.63) is 71.4 Å². The van der Waals surface area contributed by atoms with E-state index >= 15 is 0 Å². The molecule has 1 atom stereocenters. The first kappa shape index (κ1) is 18.4. The number of hydrogen-bond acceptors (Lipinski definition) is 3. The van der Waals surface area contributed by atoms with Gasteiger partial charge in [0.1, 0.15) is 0 Å². The molecule has 0 spiro atoms. The summed E-state index contributed by atoms with van der Waals surface area (Å²) < 4.78 is 0. The highest BCUT2D eigenvalue weighted by Gasteiger charge is 2.28. The lowest BCUT2D eigenvalue weighted by molar-refractivity contribution is -0.129. The predicted molar refractivity (Wildman–Crippen MR) is 104 cm³/mol. The van der Waals surface area contributed by atoms with Crippen LogP contribution < -0.4 is 10.6 Å². The fourth-order valence-electron chi connectivity index (χ4n) is 3.21. The summed E-state index contributed by atoms with van der Waals surface area (Å²) >= 11 is 0. The molecule has 0 radical (unpaired) electrons. The van der Waals surface area contributed by atoms with E-state index in [0.29, 0.717) is 11.3 Å². The monoisotopic (exact) mass is 363 g/mol. The van der Waals surface area contributed by atoms with Crippen LogP contribution in [-0.4, -0.2) is 29.7 Å². The minimum Gasteiger partial charge on any atom is -0.355 e. The van der Waals surface area contributed by atoms with Gasteiger partial charge in [-0.15, -0.1) is 0 Å². The van der Waals surface area contributed by atoms with Crippen LogP contribution in [0.3, 0.4) is 0 Å². The van der Waals surface area contributed by atoms with E-state index in [9.17, 15) is 14.4 Å². The SMILES string of the molecule is CNC(=O)c1ccccc1NC(=O)CC1c2ccccc2C=CN1C(C)=O. The number of amides is 3. The molecule has 1 heterocycles. The molecular formula is C21H21N3O3. The van der Waals surface area contributed by atoms with Gasteiger partial charge in [-0.05, 0) is 29.3 Å². The second-order valence-electron chi connectivity index (χ2n) is 6.26. The molecule has 1 unspecified atom stereocenters. The van der Waals surface area contributed by atoms with Crippen molar-refractivity contribution >= 4 is 29.5 Å². The van der Waals surface area contributed by atoms with Crippen LogP contribution in [0.1, 0.15) is 40.9 Å². The van der Waals surface area contributed by atoms with Crippen LogP contribution in [0, 0.1) is 0 Å². The number of carbonyl (C=O) groups is 3. The number of rotatable bonds is 4. The van der Waals surface area contributed by atoms with Gasteiger partial charge in [-0.1, -0.05) is 36.4 Å². The first-order chi connectivity index (χ1) is 13.0. The van der Waals surface area contributed by atoms with Gasteiger partial charge >= 0.3 is 0 Å². The van der Waals surface area contributed by atoms with Crippen molar-refractivity contribution < 1.29 is 14.4 Å². The van der Waals surface area contributed by atoms with Crippen LogP contribution in [0.15, 0.2) is 54.7 Å². The van der Waals surface area contributed by atoms with Crippen LogP contribution in [0.4, 0.5) is 5.69 Å². The average molecular weight is 363 g/mol. The van der Waals surface area contributed by atoms with Crippen molar-refractivity contribution in [2.75, 3.05) is 12.4 Å². The number of benzene rings is 2. The summed E-state index contributed by atoms with van der Waals surface area (Å²) in [5, 5.41) is 5.36. The molecule has 1 aliphatic rings. The fraction of sp³-hybridized carbons (Fsp3) is 0.190. The number of anilines is 1. The van der Waals surface area contributed by atoms with Gasteiger partial charge in [0.15, 0.2) is 0 Å². The van der Waals surface area contributed by atoms with Crippen molar-refractivity contribution in [2.45, 2.75) is 19.4 Å². The zero-order valence-corrected chi connectivity index (χ0v) is 15.2. The summed E-state index contributed by atoms with van der Waals surface area (Å²) in [6.45, 7) is 1.48. The van der Waals surface area contributed by atoms with Crippen LogP contribution in [0.5, 0.6) is 0 Å². The molecule has 1 aliphatic heterocycles. The Labute approximate surface area is 157 Å². The molecule has 6 heteroatoms. The van der Waals surface area contributed by atoms with Crippen molar-refractivity contribution in [2.24, 2.45) is 0 Å². The summed E-state index contributed by atoms with van der Waals surface area (Å²) in [4.78, 5) is 38.3. The maximum atomic E-state index is 12.7. The van der Waals surface area contributed by atoms with Gasteiger partial charge in [0, 0.05) is 20.2 Å². The van der Waals surface area contributed by atoms with Crippen molar-refractivity contribution in [1.29, 1.82) is 0 Å². The second-order valence-corrected chi connectivity index (χ2v) is 6.26. The predicted octanol–water partition coefficient (Wildman–Crippen LogP) is 2.95. The van der Waals surface area contributed by atoms with Gasteiger partial charge in [0.05, 0.1) is 23.7 Å². The zero-order valence-electron chi connectivity index (χ0n) is 15.2. The molecule has 2 aromatic rings. The van der Waals surface area contributed by atoms with Crippen LogP contribution >= 0.6 is 0 Å². The molecular weight excluding hydrogens is 342 g/mol. The quantitative estimate of drug-likeness (QED) is 0.877. The Bertz CT molecular complexity index is 920. The minimum atomic E-state index is -0.393. The molecule has 3 amide bonds. The van der Waals surface area contributed by atoms with Crippen LogP contribution in [0.2, 0.25) is 0 Å². The molecule has 27 heavy (non-hydrogen) atoms. The molecule has 0 saturated carbocycles. The number of hydrogen-bond donors (Lipinski definition) is 2. The highest BCUT2D eigenvalue weighted by atomic mass is 16.2. The third-order valence-corrected chi connectivity index (χ3v) is 4.52. The number of fused-ring (bicyclic) bond motifs is 1. The summed E-state index contributed by atoms with van der Waals surface area (Å²) in [5.74, 6) is -0.681. The minimum absolute atomic E-state index is 0.0863. The van der Waals surface area contributed by atoms with Crippen molar-refractivity contribution in [3.8, 4) is 0 Å². The van der Waals surface area contributed by atoms with Crippen LogP contribution in [-0.2, 0) is 9.59 Å². The van der Waals surface area contributed by atoms with E-state index in [2.05, 4.69) is 10.6 Å². The van der Waals surface area contributed by atoms with E-state index in [1.54, 1.807) is 35.4 Å². The summed E-state index contributed by atoms with van der Waals surface area (Å²) in [5.41, 5.74) is 2.74. The Hall–Kier alpha value is -3.41. The standard InChI is InChI=1S/C21H21N3O3/c1-14(25)24-12-11-15-7-3-4-8-16(15)19(24)13-20(26)23-18-10-6-5-9-17(18)21(27)22-2/h3-12,19H,13H2,1-2H3,(H,22,27)(H,23,26). The van der Waals surface area contributed by atoms with Gasteiger partial charge in [0.2, 0.25) is 11.8 Å². The van der Waals surface area contributed by atoms with Gasteiger partial charge in [-0.25, -0.2) is 0 Å². The van der Waals surface area contributed by atoms with E-state index in [1.165, 1.54) is 14.0 Å². The Morgan fingerprint density at radius 3 is 2.48 bits per heavy atom. The lowest BCUT2D eigenvalue weighted by Gasteiger charge is -2.32. The molecule has 3 rings (SSSR count). The Kier molecular flexibility index (Phi) is 5.35. The normalized spacial score (nSPS) is 15.0. The molecule has 6 nitrogen and oxygen atoms in total. The highest BCUT2D eigenvalue weighted by Crippen LogP contribution is 2.33. The van der Waals surface area contributed by atoms with Crippen LogP contribution in [0.25, 0.3) is 6.08 Å². The highest BCUT2D eigenvalue weighted by molar-refractivity contribution is 6.03. The van der Waals surface area contributed by atoms with Gasteiger partial charge in [-0.3, -0.25) is 14.4 Å². The smallest absolute Gasteiger partial charge is 0.253 e. The number of carbonyl (C=O) groups excluding carboxylic acids is 3. The van der Waals surface area contributed by atoms with E-state index in [4.69, 9.17) is 0 Å². The van der Waals surface area contributed by atoms with E-state index in [1.807, 2.05) is 30.3 Å². The third kappa shape index (κ3) is 3.89. The lowest BCUT2D eigenvalue weighted by Crippen LogP contribution is -2.33. The van der Waals surface area contributed by atoms with E-state index in [-0.39, 0.29) is 24.1 Å². The Morgan fingerprint density at radius 1 is 1.04 bits per heavy atom. The summed E-state index contributed by atoms with van der Waals surface area (Å²) in [6.07, 6.45) is 3.66. The van der Waals surface area contributed by atoms with Gasteiger partial charge < -0.3 is 15.5 Å². The number of nitrogens with one attached hydrogen (secondary N) is 2. The zero-order chi connectivity index (χ0) is 19.4. The molecule has 138 valence electrons. The molecule has 0 bridgehead atoms. The van der Waals surface area contributed by atoms with E-state index in [0.717, 1.165) is 11.1 Å². The second kappa shape index (κ2) is 7.86. The molecule has 0 aromatic heterocycles. The fourth-order valence-corrected chi connectivity index (χ4v) is 3.21. The van der Waals surface area contributed by atoms with Gasteiger partial charge in [-0.2, -0.15) is 0 Å². The molecule has 0 saturated heterocycles. The van der Waals surface area contributed by atoms with Gasteiger partial charge in [0.25, 0.3) is 5.91 Å². The lowest BCUT2D eigenvalue weighted by atomic mass is 9.93. The van der Waals surface area contributed by atoms with Crippen molar-refractivity contribution in [1.82, 2.24) is 10.2 Å². The van der Waals surface area contributed by atoms with Crippen molar-refractivity contribution in [3.63, 3.8) is 0 Å². The average Bonchev–Trinajstić information content (AvgIpc) is 2.67. The summed E-state index contributed by atoms with van der Waals surface area (Å²) in [6, 6.07) is 14.1. The molecule has 0 fully saturated rings. The maximum absolute atomic E-state index is 12.7. The first-order valence-electron chi connectivity index (χ1n) is 8.68. The summed E-state index contributed by atoms with van der Waals surface area (Å²) in [7, 11) is 1.54. The molecule has 2 aromatic carbocycles. The topological polar surface area (TPSA) is 78.5 Å². The van der Waals surface area contributed by atoms with E-state index < -0.39 is 6.04 Å². The first-order valence-corrected chi connectivity index (χ1v) is 8.68.